The van der Waals surface area contributed by atoms with Crippen LogP contribution in [0.3, 0.4) is 0 Å². The maximum absolute atomic E-state index is 12.5. The van der Waals surface area contributed by atoms with E-state index in [2.05, 4.69) is 23.8 Å². The second-order valence-electron chi connectivity index (χ2n) is 3.21. The predicted octanol–water partition coefficient (Wildman–Crippen LogP) is 2.04. The first kappa shape index (κ1) is 9.89. The standard InChI is InChI=1S/C9H13FN2O/c1-7(2)3-4-13-9-5-8(10)11-6-12-9/h5-7H,3-4H2,1-2H3. The van der Waals surface area contributed by atoms with Crippen LogP contribution in [0.25, 0.3) is 0 Å². The highest BCUT2D eigenvalue weighted by Crippen LogP contribution is 2.07. The summed E-state index contributed by atoms with van der Waals surface area (Å²) in [4.78, 5) is 7.09. The number of rotatable bonds is 4. The van der Waals surface area contributed by atoms with E-state index in [1.54, 1.807) is 0 Å². The molecule has 0 bridgehead atoms. The van der Waals surface area contributed by atoms with E-state index in [1.807, 2.05) is 0 Å². The Morgan fingerprint density at radius 1 is 1.46 bits per heavy atom. The Hall–Kier alpha value is -1.19. The topological polar surface area (TPSA) is 35.0 Å². The molecule has 0 aliphatic heterocycles. The summed E-state index contributed by atoms with van der Waals surface area (Å²) in [5, 5.41) is 0. The van der Waals surface area contributed by atoms with E-state index in [1.165, 1.54) is 6.07 Å². The monoisotopic (exact) mass is 184 g/mol. The van der Waals surface area contributed by atoms with Gasteiger partial charge in [-0.3, -0.25) is 0 Å². The highest BCUT2D eigenvalue weighted by atomic mass is 19.1. The third-order valence-electron chi connectivity index (χ3n) is 1.55. The van der Waals surface area contributed by atoms with Crippen LogP contribution < -0.4 is 4.74 Å². The molecule has 1 heterocycles. The second-order valence-corrected chi connectivity index (χ2v) is 3.21. The van der Waals surface area contributed by atoms with Crippen molar-refractivity contribution in [3.05, 3.63) is 18.3 Å². The molecule has 0 N–H and O–H groups in total. The predicted molar refractivity (Wildman–Crippen MR) is 46.9 cm³/mol. The molecule has 0 fully saturated rings. The van der Waals surface area contributed by atoms with Crippen LogP contribution in [0, 0.1) is 11.9 Å². The zero-order valence-electron chi connectivity index (χ0n) is 7.83. The van der Waals surface area contributed by atoms with Crippen molar-refractivity contribution in [3.63, 3.8) is 0 Å². The molecule has 3 nitrogen and oxygen atoms in total. The van der Waals surface area contributed by atoms with E-state index in [0.29, 0.717) is 18.4 Å². The van der Waals surface area contributed by atoms with Crippen molar-refractivity contribution in [1.82, 2.24) is 9.97 Å². The lowest BCUT2D eigenvalue weighted by Gasteiger charge is -2.06. The first-order valence-corrected chi connectivity index (χ1v) is 4.29. The smallest absolute Gasteiger partial charge is 0.219 e. The first-order chi connectivity index (χ1) is 6.18. The van der Waals surface area contributed by atoms with Crippen LogP contribution in [0.2, 0.25) is 0 Å². The summed E-state index contributed by atoms with van der Waals surface area (Å²) in [7, 11) is 0. The summed E-state index contributed by atoms with van der Waals surface area (Å²) in [5.74, 6) is 0.314. The molecule has 4 heteroatoms. The molecule has 0 aliphatic rings. The van der Waals surface area contributed by atoms with E-state index in [-0.39, 0.29) is 0 Å². The van der Waals surface area contributed by atoms with E-state index in [0.717, 1.165) is 12.7 Å². The molecular weight excluding hydrogens is 171 g/mol. The lowest BCUT2D eigenvalue weighted by molar-refractivity contribution is 0.277. The Morgan fingerprint density at radius 2 is 2.23 bits per heavy atom. The normalized spacial score (nSPS) is 10.5. The molecule has 0 spiro atoms. The molecule has 0 unspecified atom stereocenters. The van der Waals surface area contributed by atoms with Gasteiger partial charge in [-0.25, -0.2) is 9.97 Å². The molecule has 72 valence electrons. The maximum Gasteiger partial charge on any atom is 0.219 e. The lowest BCUT2D eigenvalue weighted by atomic mass is 10.1. The van der Waals surface area contributed by atoms with Gasteiger partial charge in [0.25, 0.3) is 0 Å². The van der Waals surface area contributed by atoms with Crippen LogP contribution in [0.15, 0.2) is 12.4 Å². The molecule has 0 aromatic carbocycles. The van der Waals surface area contributed by atoms with Crippen LogP contribution in [0.4, 0.5) is 4.39 Å². The summed E-state index contributed by atoms with van der Waals surface area (Å²) in [6, 6.07) is 1.18. The molecular formula is C9H13FN2O. The number of nitrogens with zero attached hydrogens (tertiary/aromatic N) is 2. The van der Waals surface area contributed by atoms with Crippen LogP contribution in [0.5, 0.6) is 5.88 Å². The highest BCUT2D eigenvalue weighted by Gasteiger charge is 1.99. The molecule has 0 atom stereocenters. The molecule has 1 aromatic rings. The summed E-state index contributed by atoms with van der Waals surface area (Å²) < 4.78 is 17.7. The zero-order chi connectivity index (χ0) is 9.68. The van der Waals surface area contributed by atoms with Gasteiger partial charge in [0, 0.05) is 0 Å². The van der Waals surface area contributed by atoms with Crippen molar-refractivity contribution >= 4 is 0 Å². The van der Waals surface area contributed by atoms with Crippen LogP contribution >= 0.6 is 0 Å². The Bertz CT molecular complexity index is 266. The van der Waals surface area contributed by atoms with Crippen molar-refractivity contribution in [2.45, 2.75) is 20.3 Å². The average Bonchev–Trinajstić information content (AvgIpc) is 2.03. The Morgan fingerprint density at radius 3 is 2.85 bits per heavy atom. The van der Waals surface area contributed by atoms with Crippen molar-refractivity contribution < 1.29 is 9.13 Å². The number of aromatic nitrogens is 2. The average molecular weight is 184 g/mol. The van der Waals surface area contributed by atoms with Gasteiger partial charge in [0.05, 0.1) is 12.7 Å². The quantitative estimate of drug-likeness (QED) is 0.671. The minimum Gasteiger partial charge on any atom is -0.478 e. The molecule has 0 amide bonds. The van der Waals surface area contributed by atoms with E-state index < -0.39 is 5.95 Å². The van der Waals surface area contributed by atoms with Crippen LogP contribution in [0.1, 0.15) is 20.3 Å². The van der Waals surface area contributed by atoms with Gasteiger partial charge in [-0.15, -0.1) is 0 Å². The van der Waals surface area contributed by atoms with E-state index >= 15 is 0 Å². The summed E-state index contributed by atoms with van der Waals surface area (Å²) in [6.07, 6.45) is 2.09. The van der Waals surface area contributed by atoms with Gasteiger partial charge >= 0.3 is 0 Å². The van der Waals surface area contributed by atoms with Gasteiger partial charge in [-0.1, -0.05) is 13.8 Å². The number of halogens is 1. The second kappa shape index (κ2) is 4.74. The van der Waals surface area contributed by atoms with E-state index in [4.69, 9.17) is 4.74 Å². The summed E-state index contributed by atoms with van der Waals surface area (Å²) >= 11 is 0. The zero-order valence-corrected chi connectivity index (χ0v) is 7.83. The molecule has 0 radical (unpaired) electrons. The fourth-order valence-electron chi connectivity index (χ4n) is 0.795. The number of ether oxygens (including phenoxy) is 1. The van der Waals surface area contributed by atoms with Crippen LogP contribution in [-0.2, 0) is 0 Å². The maximum atomic E-state index is 12.5. The third kappa shape index (κ3) is 3.83. The highest BCUT2D eigenvalue weighted by molar-refractivity contribution is 5.05. The summed E-state index contributed by atoms with van der Waals surface area (Å²) in [5.41, 5.74) is 0. The Balaban J connectivity index is 2.37. The minimum absolute atomic E-state index is 0.299. The SMILES string of the molecule is CC(C)CCOc1cc(F)ncn1. The van der Waals surface area contributed by atoms with Crippen molar-refractivity contribution in [2.75, 3.05) is 6.61 Å². The molecule has 0 aliphatic carbocycles. The lowest BCUT2D eigenvalue weighted by Crippen LogP contribution is -2.03. The van der Waals surface area contributed by atoms with Gasteiger partial charge in [0.15, 0.2) is 0 Å². The molecule has 0 saturated carbocycles. The van der Waals surface area contributed by atoms with Crippen LogP contribution in [-0.4, -0.2) is 16.6 Å². The van der Waals surface area contributed by atoms with Gasteiger partial charge < -0.3 is 4.74 Å². The first-order valence-electron chi connectivity index (χ1n) is 4.29. The fourth-order valence-corrected chi connectivity index (χ4v) is 0.795. The van der Waals surface area contributed by atoms with Gasteiger partial charge in [-0.2, -0.15) is 4.39 Å². The molecule has 1 rings (SSSR count). The minimum atomic E-state index is -0.561. The Kier molecular flexibility index (Phi) is 3.61. The van der Waals surface area contributed by atoms with Gasteiger partial charge in [-0.05, 0) is 12.3 Å². The molecule has 1 aromatic heterocycles. The van der Waals surface area contributed by atoms with Gasteiger partial charge in [0.2, 0.25) is 11.8 Å². The van der Waals surface area contributed by atoms with Crippen molar-refractivity contribution in [3.8, 4) is 5.88 Å². The number of hydrogen-bond acceptors (Lipinski definition) is 3. The van der Waals surface area contributed by atoms with E-state index in [9.17, 15) is 4.39 Å². The largest absolute Gasteiger partial charge is 0.478 e. The van der Waals surface area contributed by atoms with Crippen molar-refractivity contribution in [2.24, 2.45) is 5.92 Å². The third-order valence-corrected chi connectivity index (χ3v) is 1.55. The fraction of sp³-hybridized carbons (Fsp3) is 0.556. The molecule has 0 saturated heterocycles. The van der Waals surface area contributed by atoms with Crippen molar-refractivity contribution in [1.29, 1.82) is 0 Å². The van der Waals surface area contributed by atoms with Gasteiger partial charge in [0.1, 0.15) is 6.33 Å². The number of hydrogen-bond donors (Lipinski definition) is 0. The summed E-state index contributed by atoms with van der Waals surface area (Å²) in [6.45, 7) is 4.77. The Labute approximate surface area is 77.0 Å². The molecule has 13 heavy (non-hydrogen) atoms.